The Hall–Kier alpha value is -0.500. The Morgan fingerprint density at radius 1 is 0.778 bits per heavy atom. The second-order valence-corrected chi connectivity index (χ2v) is 8.74. The van der Waals surface area contributed by atoms with E-state index in [4.69, 9.17) is 23.7 Å². The molecule has 27 heavy (non-hydrogen) atoms. The minimum Gasteiger partial charge on any atom is -0.369 e. The van der Waals surface area contributed by atoms with Crippen LogP contribution in [0.25, 0.3) is 0 Å². The highest BCUT2D eigenvalue weighted by Gasteiger charge is 2.80. The van der Waals surface area contributed by atoms with Gasteiger partial charge in [0, 0.05) is 26.4 Å². The van der Waals surface area contributed by atoms with Crippen LogP contribution in [0.2, 0.25) is 0 Å². The molecule has 5 aliphatic rings. The Morgan fingerprint density at radius 2 is 1.30 bits per heavy atom. The Morgan fingerprint density at radius 3 is 1.78 bits per heavy atom. The van der Waals surface area contributed by atoms with E-state index in [9.17, 15) is 5.11 Å². The maximum absolute atomic E-state index is 11.4. The Bertz CT molecular complexity index is 565. The van der Waals surface area contributed by atoms with Crippen LogP contribution in [-0.2, 0) is 23.7 Å². The van der Waals surface area contributed by atoms with E-state index < -0.39 is 28.7 Å². The van der Waals surface area contributed by atoms with Crippen LogP contribution < -0.4 is 0 Å². The van der Waals surface area contributed by atoms with Crippen LogP contribution in [0.4, 0.5) is 0 Å². The summed E-state index contributed by atoms with van der Waals surface area (Å²) < 4.78 is 32.6. The van der Waals surface area contributed by atoms with E-state index >= 15 is 0 Å². The van der Waals surface area contributed by atoms with Gasteiger partial charge < -0.3 is 28.8 Å². The highest BCUT2D eigenvalue weighted by Crippen LogP contribution is 2.64. The quantitative estimate of drug-likeness (QED) is 0.743. The lowest BCUT2D eigenvalue weighted by molar-refractivity contribution is -0.316. The van der Waals surface area contributed by atoms with Crippen molar-refractivity contribution in [3.05, 3.63) is 12.7 Å². The molecule has 0 saturated carbocycles. The number of aliphatic hydroxyl groups excluding tert-OH is 1. The standard InChI is InChI=1S/C21H32O6/c1-2-7-16-18(8-3-12-23-18)20(10-5-14-25-20)21(11-6-15-26-21)19(17(22)27-16)9-4-13-24-19/h2,16-17,22H,1,3-15H2/t16?,17?,18-,19-,20+,21+/m1/s1. The lowest BCUT2D eigenvalue weighted by Gasteiger charge is -2.58. The highest BCUT2D eigenvalue weighted by atomic mass is 16.7. The van der Waals surface area contributed by atoms with Gasteiger partial charge in [-0.05, 0) is 57.8 Å². The Balaban J connectivity index is 1.75. The van der Waals surface area contributed by atoms with Crippen molar-refractivity contribution in [2.24, 2.45) is 0 Å². The summed E-state index contributed by atoms with van der Waals surface area (Å²) in [7, 11) is 0. The number of ether oxygens (including phenoxy) is 5. The van der Waals surface area contributed by atoms with Gasteiger partial charge in [0.05, 0.1) is 6.10 Å². The summed E-state index contributed by atoms with van der Waals surface area (Å²) in [5.74, 6) is 0. The van der Waals surface area contributed by atoms with E-state index in [-0.39, 0.29) is 6.10 Å². The van der Waals surface area contributed by atoms with Crippen molar-refractivity contribution in [1.29, 1.82) is 0 Å². The van der Waals surface area contributed by atoms with E-state index in [1.165, 1.54) is 0 Å². The van der Waals surface area contributed by atoms with Crippen LogP contribution in [0.15, 0.2) is 12.7 Å². The van der Waals surface area contributed by atoms with Crippen LogP contribution in [0, 0.1) is 0 Å². The molecule has 5 rings (SSSR count). The molecule has 0 aromatic carbocycles. The summed E-state index contributed by atoms with van der Waals surface area (Å²) in [6.45, 7) is 6.57. The van der Waals surface area contributed by atoms with Gasteiger partial charge in [0.2, 0.25) is 0 Å². The number of hydrogen-bond donors (Lipinski definition) is 1. The molecule has 5 saturated heterocycles. The molecule has 5 heterocycles. The molecular formula is C21H32O6. The molecule has 0 bridgehead atoms. The van der Waals surface area contributed by atoms with Gasteiger partial charge in [0.1, 0.15) is 16.8 Å². The molecule has 5 aliphatic heterocycles. The fraction of sp³-hybridized carbons (Fsp3) is 0.905. The molecule has 0 radical (unpaired) electrons. The molecule has 0 aliphatic carbocycles. The first-order chi connectivity index (χ1) is 13.2. The SMILES string of the molecule is C=CCC1OC(O)[C@]2(CCCO2)[C@@]2(CCCO2)[C@]2(CCCO2)[C@@]12CCCO2. The fourth-order valence-electron chi connectivity index (χ4n) is 6.91. The molecule has 5 fully saturated rings. The molecule has 0 amide bonds. The zero-order valence-electron chi connectivity index (χ0n) is 16.1. The predicted octanol–water partition coefficient (Wildman–Crippen LogP) is 2.48. The monoisotopic (exact) mass is 380 g/mol. The summed E-state index contributed by atoms with van der Waals surface area (Å²) in [6.07, 6.45) is 8.05. The van der Waals surface area contributed by atoms with Gasteiger partial charge in [0.15, 0.2) is 11.9 Å². The number of fused-ring (bicyclic) bond motifs is 3. The molecule has 6 nitrogen and oxygen atoms in total. The van der Waals surface area contributed by atoms with Crippen molar-refractivity contribution < 1.29 is 28.8 Å². The molecule has 6 atom stereocenters. The second-order valence-electron chi connectivity index (χ2n) is 8.74. The molecule has 0 aromatic rings. The molecular weight excluding hydrogens is 348 g/mol. The molecule has 0 aromatic heterocycles. The van der Waals surface area contributed by atoms with Crippen molar-refractivity contribution >= 4 is 0 Å². The summed E-state index contributed by atoms with van der Waals surface area (Å²) in [5, 5.41) is 11.4. The fourth-order valence-corrected chi connectivity index (χ4v) is 6.91. The van der Waals surface area contributed by atoms with Crippen molar-refractivity contribution in [2.75, 3.05) is 26.4 Å². The topological polar surface area (TPSA) is 66.4 Å². The van der Waals surface area contributed by atoms with Crippen molar-refractivity contribution in [3.8, 4) is 0 Å². The number of rotatable bonds is 2. The minimum absolute atomic E-state index is 0.324. The normalized spacial score (nSPS) is 52.5. The second kappa shape index (κ2) is 6.51. The van der Waals surface area contributed by atoms with Gasteiger partial charge in [-0.3, -0.25) is 0 Å². The zero-order chi connectivity index (χ0) is 18.6. The number of hydrogen-bond acceptors (Lipinski definition) is 6. The van der Waals surface area contributed by atoms with Gasteiger partial charge in [-0.2, -0.15) is 0 Å². The first-order valence-electron chi connectivity index (χ1n) is 10.7. The van der Waals surface area contributed by atoms with Gasteiger partial charge in [-0.1, -0.05) is 6.08 Å². The van der Waals surface area contributed by atoms with Gasteiger partial charge in [0.25, 0.3) is 0 Å². The van der Waals surface area contributed by atoms with Crippen molar-refractivity contribution in [2.45, 2.75) is 92.6 Å². The molecule has 6 heteroatoms. The first-order valence-corrected chi connectivity index (χ1v) is 10.7. The van der Waals surface area contributed by atoms with Crippen LogP contribution >= 0.6 is 0 Å². The maximum Gasteiger partial charge on any atom is 0.187 e. The lowest BCUT2D eigenvalue weighted by Crippen LogP contribution is -2.76. The van der Waals surface area contributed by atoms with Gasteiger partial charge >= 0.3 is 0 Å². The molecule has 152 valence electrons. The summed E-state index contributed by atoms with van der Waals surface area (Å²) >= 11 is 0. The van der Waals surface area contributed by atoms with E-state index in [1.54, 1.807) is 0 Å². The third-order valence-corrected chi connectivity index (χ3v) is 7.76. The van der Waals surface area contributed by atoms with Crippen LogP contribution in [0.5, 0.6) is 0 Å². The smallest absolute Gasteiger partial charge is 0.187 e. The van der Waals surface area contributed by atoms with E-state index in [0.717, 1.165) is 51.4 Å². The first kappa shape index (κ1) is 18.5. The van der Waals surface area contributed by atoms with Crippen molar-refractivity contribution in [3.63, 3.8) is 0 Å². The Kier molecular flexibility index (Phi) is 4.46. The largest absolute Gasteiger partial charge is 0.369 e. The molecule has 2 unspecified atom stereocenters. The molecule has 4 spiro atoms. The van der Waals surface area contributed by atoms with E-state index in [1.807, 2.05) is 6.08 Å². The highest BCUT2D eigenvalue weighted by molar-refractivity contribution is 5.29. The number of aliphatic hydroxyl groups is 1. The molecule has 1 N–H and O–H groups in total. The van der Waals surface area contributed by atoms with Gasteiger partial charge in [-0.15, -0.1) is 6.58 Å². The van der Waals surface area contributed by atoms with E-state index in [0.29, 0.717) is 32.8 Å². The summed E-state index contributed by atoms with van der Waals surface area (Å²) in [4.78, 5) is 0. The third kappa shape index (κ3) is 2.12. The van der Waals surface area contributed by atoms with Crippen LogP contribution in [0.1, 0.15) is 57.8 Å². The maximum atomic E-state index is 11.4. The Labute approximate surface area is 161 Å². The lowest BCUT2D eigenvalue weighted by atomic mass is 9.58. The predicted molar refractivity (Wildman–Crippen MR) is 97.4 cm³/mol. The van der Waals surface area contributed by atoms with Gasteiger partial charge in [-0.25, -0.2) is 0 Å². The van der Waals surface area contributed by atoms with Crippen molar-refractivity contribution in [1.82, 2.24) is 0 Å². The average molecular weight is 380 g/mol. The average Bonchev–Trinajstić information content (AvgIpc) is 3.48. The minimum atomic E-state index is -1.06. The summed E-state index contributed by atoms with van der Waals surface area (Å²) in [5.41, 5.74) is -2.95. The zero-order valence-corrected chi connectivity index (χ0v) is 16.1. The van der Waals surface area contributed by atoms with E-state index in [2.05, 4.69) is 6.58 Å². The van der Waals surface area contributed by atoms with Crippen LogP contribution in [0.3, 0.4) is 0 Å². The van der Waals surface area contributed by atoms with Crippen LogP contribution in [-0.4, -0.2) is 66.3 Å². The summed E-state index contributed by atoms with van der Waals surface area (Å²) in [6, 6.07) is 0. The third-order valence-electron chi connectivity index (χ3n) is 7.76.